The summed E-state index contributed by atoms with van der Waals surface area (Å²) in [6.45, 7) is 0.354. The summed E-state index contributed by atoms with van der Waals surface area (Å²) < 4.78 is 37.2. The minimum absolute atomic E-state index is 0.158. The molecule has 0 spiro atoms. The summed E-state index contributed by atoms with van der Waals surface area (Å²) in [5, 5.41) is 0.433. The maximum absolute atomic E-state index is 12.0. The van der Waals surface area contributed by atoms with Crippen molar-refractivity contribution in [1.82, 2.24) is 4.72 Å². The Balaban J connectivity index is 1.84. The average Bonchev–Trinajstić information content (AvgIpc) is 2.54. The van der Waals surface area contributed by atoms with E-state index in [2.05, 4.69) is 4.72 Å². The molecule has 0 fully saturated rings. The molecule has 0 aliphatic rings. The standard InChI is InChI=1S/C16H18ClNO4S/c1-21-15-8-4-5-9-16(15)22-11-10-18-23(19,20)12-13-6-2-3-7-14(13)17/h2-9,18H,10-12H2,1H3. The van der Waals surface area contributed by atoms with Gasteiger partial charge in [0.1, 0.15) is 6.61 Å². The van der Waals surface area contributed by atoms with E-state index in [4.69, 9.17) is 21.1 Å². The summed E-state index contributed by atoms with van der Waals surface area (Å²) >= 11 is 5.97. The van der Waals surface area contributed by atoms with Gasteiger partial charge in [0.2, 0.25) is 10.0 Å². The zero-order valence-electron chi connectivity index (χ0n) is 12.7. The molecule has 0 bridgehead atoms. The maximum Gasteiger partial charge on any atom is 0.215 e. The van der Waals surface area contributed by atoms with Crippen molar-refractivity contribution in [2.75, 3.05) is 20.3 Å². The Kier molecular flexibility index (Phi) is 6.27. The number of sulfonamides is 1. The lowest BCUT2D eigenvalue weighted by atomic mass is 10.2. The molecule has 2 rings (SSSR count). The molecule has 1 N–H and O–H groups in total. The van der Waals surface area contributed by atoms with E-state index >= 15 is 0 Å². The summed E-state index contributed by atoms with van der Waals surface area (Å²) in [6, 6.07) is 14.0. The third kappa shape index (κ3) is 5.42. The van der Waals surface area contributed by atoms with Crippen LogP contribution in [0.1, 0.15) is 5.56 Å². The Bertz CT molecular complexity index is 749. The van der Waals surface area contributed by atoms with Gasteiger partial charge in [-0.1, -0.05) is 41.9 Å². The number of halogens is 1. The van der Waals surface area contributed by atoms with E-state index in [1.807, 2.05) is 12.1 Å². The van der Waals surface area contributed by atoms with Gasteiger partial charge in [0, 0.05) is 11.6 Å². The maximum atomic E-state index is 12.0. The first-order chi connectivity index (χ1) is 11.0. The van der Waals surface area contributed by atoms with Crippen molar-refractivity contribution in [2.45, 2.75) is 5.75 Å². The van der Waals surface area contributed by atoms with Crippen LogP contribution in [0.4, 0.5) is 0 Å². The molecule has 0 aliphatic carbocycles. The van der Waals surface area contributed by atoms with Crippen LogP contribution in [0.25, 0.3) is 0 Å². The van der Waals surface area contributed by atoms with E-state index in [1.54, 1.807) is 43.5 Å². The van der Waals surface area contributed by atoms with Gasteiger partial charge in [-0.3, -0.25) is 0 Å². The molecular formula is C16H18ClNO4S. The minimum Gasteiger partial charge on any atom is -0.493 e. The molecule has 2 aromatic carbocycles. The number of para-hydroxylation sites is 2. The van der Waals surface area contributed by atoms with E-state index in [9.17, 15) is 8.42 Å². The molecule has 0 heterocycles. The Morgan fingerprint density at radius 1 is 1.04 bits per heavy atom. The molecule has 0 aliphatic heterocycles. The van der Waals surface area contributed by atoms with Crippen LogP contribution in [0.5, 0.6) is 11.5 Å². The third-order valence-corrected chi connectivity index (χ3v) is 4.76. The first kappa shape index (κ1) is 17.6. The number of nitrogens with one attached hydrogen (secondary N) is 1. The van der Waals surface area contributed by atoms with E-state index in [0.29, 0.717) is 22.1 Å². The number of benzene rings is 2. The highest BCUT2D eigenvalue weighted by molar-refractivity contribution is 7.88. The molecule has 0 saturated heterocycles. The van der Waals surface area contributed by atoms with Crippen LogP contribution >= 0.6 is 11.6 Å². The highest BCUT2D eigenvalue weighted by Crippen LogP contribution is 2.25. The number of ether oxygens (including phenoxy) is 2. The fraction of sp³-hybridized carbons (Fsp3) is 0.250. The number of rotatable bonds is 8. The summed E-state index contributed by atoms with van der Waals surface area (Å²) in [7, 11) is -1.92. The molecule has 2 aromatic rings. The van der Waals surface area contributed by atoms with Crippen LogP contribution in [0.15, 0.2) is 48.5 Å². The number of hydrogen-bond acceptors (Lipinski definition) is 4. The van der Waals surface area contributed by atoms with Gasteiger partial charge in [0.25, 0.3) is 0 Å². The van der Waals surface area contributed by atoms with Gasteiger partial charge < -0.3 is 9.47 Å². The van der Waals surface area contributed by atoms with Crippen LogP contribution in [0.3, 0.4) is 0 Å². The second-order valence-electron chi connectivity index (χ2n) is 4.74. The third-order valence-electron chi connectivity index (χ3n) is 3.05. The number of hydrogen-bond donors (Lipinski definition) is 1. The second kappa shape index (κ2) is 8.19. The van der Waals surface area contributed by atoms with Gasteiger partial charge in [-0.05, 0) is 23.8 Å². The molecule has 0 aromatic heterocycles. The van der Waals surface area contributed by atoms with Crippen molar-refractivity contribution in [3.05, 3.63) is 59.1 Å². The first-order valence-electron chi connectivity index (χ1n) is 6.98. The van der Waals surface area contributed by atoms with Crippen molar-refractivity contribution in [1.29, 1.82) is 0 Å². The van der Waals surface area contributed by atoms with Gasteiger partial charge in [0.05, 0.1) is 12.9 Å². The van der Waals surface area contributed by atoms with E-state index in [-0.39, 0.29) is 18.9 Å². The van der Waals surface area contributed by atoms with Crippen LogP contribution < -0.4 is 14.2 Å². The zero-order valence-corrected chi connectivity index (χ0v) is 14.2. The van der Waals surface area contributed by atoms with Gasteiger partial charge in [-0.2, -0.15) is 0 Å². The minimum atomic E-state index is -3.47. The van der Waals surface area contributed by atoms with Gasteiger partial charge in [-0.25, -0.2) is 13.1 Å². The molecule has 5 nitrogen and oxygen atoms in total. The van der Waals surface area contributed by atoms with Gasteiger partial charge >= 0.3 is 0 Å². The highest BCUT2D eigenvalue weighted by atomic mass is 35.5. The lowest BCUT2D eigenvalue weighted by molar-refractivity contribution is 0.298. The second-order valence-corrected chi connectivity index (χ2v) is 6.96. The molecule has 124 valence electrons. The quantitative estimate of drug-likeness (QED) is 0.739. The monoisotopic (exact) mass is 355 g/mol. The van der Waals surface area contributed by atoms with Crippen molar-refractivity contribution in [3.63, 3.8) is 0 Å². The van der Waals surface area contributed by atoms with E-state index in [1.165, 1.54) is 0 Å². The SMILES string of the molecule is COc1ccccc1OCCNS(=O)(=O)Cc1ccccc1Cl. The summed E-state index contributed by atoms with van der Waals surface area (Å²) in [5.41, 5.74) is 0.562. The van der Waals surface area contributed by atoms with Crippen LogP contribution in [0.2, 0.25) is 5.02 Å². The Morgan fingerprint density at radius 2 is 1.70 bits per heavy atom. The Morgan fingerprint density at radius 3 is 2.39 bits per heavy atom. The fourth-order valence-electron chi connectivity index (χ4n) is 1.97. The smallest absolute Gasteiger partial charge is 0.215 e. The molecular weight excluding hydrogens is 338 g/mol. The lowest BCUT2D eigenvalue weighted by Gasteiger charge is -2.11. The van der Waals surface area contributed by atoms with Crippen molar-refractivity contribution in [2.24, 2.45) is 0 Å². The van der Waals surface area contributed by atoms with E-state index in [0.717, 1.165) is 0 Å². The van der Waals surface area contributed by atoms with Crippen LogP contribution in [-0.4, -0.2) is 28.7 Å². The Labute approximate surface area is 141 Å². The molecule has 0 unspecified atom stereocenters. The lowest BCUT2D eigenvalue weighted by Crippen LogP contribution is -2.29. The van der Waals surface area contributed by atoms with Gasteiger partial charge in [-0.15, -0.1) is 0 Å². The summed E-state index contributed by atoms with van der Waals surface area (Å²) in [5.74, 6) is 1.01. The van der Waals surface area contributed by atoms with Gasteiger partial charge in [0.15, 0.2) is 11.5 Å². The van der Waals surface area contributed by atoms with E-state index < -0.39 is 10.0 Å². The molecule has 23 heavy (non-hydrogen) atoms. The Hall–Kier alpha value is -1.76. The normalized spacial score (nSPS) is 11.2. The predicted molar refractivity (Wildman–Crippen MR) is 90.6 cm³/mol. The predicted octanol–water partition coefficient (Wildman–Crippen LogP) is 2.85. The summed E-state index contributed by atoms with van der Waals surface area (Å²) in [6.07, 6.45) is 0. The molecule has 0 amide bonds. The number of methoxy groups -OCH3 is 1. The molecule has 0 saturated carbocycles. The van der Waals surface area contributed by atoms with Crippen LogP contribution in [0, 0.1) is 0 Å². The highest BCUT2D eigenvalue weighted by Gasteiger charge is 2.13. The molecule has 7 heteroatoms. The zero-order chi connectivity index (χ0) is 16.7. The summed E-state index contributed by atoms with van der Waals surface area (Å²) in [4.78, 5) is 0. The van der Waals surface area contributed by atoms with Crippen molar-refractivity contribution >= 4 is 21.6 Å². The topological polar surface area (TPSA) is 64.6 Å². The van der Waals surface area contributed by atoms with Crippen molar-refractivity contribution in [3.8, 4) is 11.5 Å². The van der Waals surface area contributed by atoms with Crippen molar-refractivity contribution < 1.29 is 17.9 Å². The fourth-order valence-corrected chi connectivity index (χ4v) is 3.41. The molecule has 0 radical (unpaired) electrons. The molecule has 0 atom stereocenters. The van der Waals surface area contributed by atoms with Crippen LogP contribution in [-0.2, 0) is 15.8 Å². The average molecular weight is 356 g/mol. The first-order valence-corrected chi connectivity index (χ1v) is 9.01. The largest absolute Gasteiger partial charge is 0.493 e.